The van der Waals surface area contributed by atoms with Crippen LogP contribution in [0, 0.1) is 13.8 Å². The van der Waals surface area contributed by atoms with Crippen molar-refractivity contribution in [3.05, 3.63) is 86.2 Å². The standard InChI is InChI=1S/C23H18ClN5OS2/c1-13-14(2)32-22-19(13)21(30)25-18(26-22)12-31-23-28-27-20(15-6-4-3-5-7-15)29(23)17-10-8-16(24)9-11-17/h3-11H,12H2,1-2H3,(H,25,26,30). The molecule has 1 N–H and O–H groups in total. The topological polar surface area (TPSA) is 76.5 Å². The fourth-order valence-corrected chi connectivity index (χ4v) is 5.46. The van der Waals surface area contributed by atoms with Crippen LogP contribution in [0.5, 0.6) is 0 Å². The molecular weight excluding hydrogens is 462 g/mol. The SMILES string of the molecule is Cc1sc2nc(CSc3nnc(-c4ccccc4)n3-c3ccc(Cl)cc3)[nH]c(=O)c2c1C. The van der Waals surface area contributed by atoms with Crippen LogP contribution >= 0.6 is 34.7 Å². The minimum Gasteiger partial charge on any atom is -0.309 e. The highest BCUT2D eigenvalue weighted by molar-refractivity contribution is 7.98. The van der Waals surface area contributed by atoms with Gasteiger partial charge in [0.25, 0.3) is 5.56 Å². The van der Waals surface area contributed by atoms with Gasteiger partial charge in [-0.3, -0.25) is 9.36 Å². The molecule has 0 radical (unpaired) electrons. The smallest absolute Gasteiger partial charge is 0.259 e. The van der Waals surface area contributed by atoms with E-state index in [9.17, 15) is 4.79 Å². The molecule has 0 aliphatic carbocycles. The van der Waals surface area contributed by atoms with Gasteiger partial charge >= 0.3 is 0 Å². The summed E-state index contributed by atoms with van der Waals surface area (Å²) in [6, 6.07) is 17.5. The van der Waals surface area contributed by atoms with E-state index < -0.39 is 0 Å². The van der Waals surface area contributed by atoms with E-state index in [0.717, 1.165) is 32.3 Å². The molecule has 0 saturated heterocycles. The largest absolute Gasteiger partial charge is 0.309 e. The van der Waals surface area contributed by atoms with Gasteiger partial charge in [0.05, 0.1) is 11.1 Å². The Morgan fingerprint density at radius 1 is 1.06 bits per heavy atom. The lowest BCUT2D eigenvalue weighted by molar-refractivity contribution is 0.883. The molecular formula is C23H18ClN5OS2. The molecule has 0 fully saturated rings. The van der Waals surface area contributed by atoms with Gasteiger partial charge in [-0.15, -0.1) is 21.5 Å². The van der Waals surface area contributed by atoms with Crippen LogP contribution in [-0.4, -0.2) is 24.7 Å². The van der Waals surface area contributed by atoms with Gasteiger partial charge in [-0.1, -0.05) is 53.7 Å². The van der Waals surface area contributed by atoms with Crippen molar-refractivity contribution in [1.82, 2.24) is 24.7 Å². The van der Waals surface area contributed by atoms with Crippen LogP contribution < -0.4 is 5.56 Å². The van der Waals surface area contributed by atoms with Crippen LogP contribution in [0.4, 0.5) is 0 Å². The van der Waals surface area contributed by atoms with Gasteiger partial charge in [-0.05, 0) is 43.7 Å². The molecule has 2 aromatic carbocycles. The first kappa shape index (κ1) is 20.9. The van der Waals surface area contributed by atoms with Gasteiger partial charge in [0, 0.05) is 21.2 Å². The summed E-state index contributed by atoms with van der Waals surface area (Å²) >= 11 is 9.12. The maximum Gasteiger partial charge on any atom is 0.259 e. The van der Waals surface area contributed by atoms with Crippen LogP contribution in [0.2, 0.25) is 5.02 Å². The van der Waals surface area contributed by atoms with Crippen molar-refractivity contribution < 1.29 is 0 Å². The van der Waals surface area contributed by atoms with E-state index in [0.29, 0.717) is 27.1 Å². The number of aromatic amines is 1. The van der Waals surface area contributed by atoms with Crippen molar-refractivity contribution in [2.24, 2.45) is 0 Å². The van der Waals surface area contributed by atoms with E-state index in [2.05, 4.69) is 20.2 Å². The summed E-state index contributed by atoms with van der Waals surface area (Å²) in [5, 5.41) is 10.9. The summed E-state index contributed by atoms with van der Waals surface area (Å²) in [7, 11) is 0. The Bertz CT molecular complexity index is 1470. The molecule has 0 unspecified atom stereocenters. The zero-order valence-electron chi connectivity index (χ0n) is 17.3. The van der Waals surface area contributed by atoms with Crippen LogP contribution in [0.15, 0.2) is 64.5 Å². The van der Waals surface area contributed by atoms with Crippen molar-refractivity contribution in [2.75, 3.05) is 0 Å². The third-order valence-electron chi connectivity index (χ3n) is 5.18. The van der Waals surface area contributed by atoms with E-state index >= 15 is 0 Å². The van der Waals surface area contributed by atoms with Crippen molar-refractivity contribution >= 4 is 44.9 Å². The molecule has 3 heterocycles. The van der Waals surface area contributed by atoms with Crippen molar-refractivity contribution in [3.8, 4) is 17.1 Å². The summed E-state index contributed by atoms with van der Waals surface area (Å²) in [6.07, 6.45) is 0. The van der Waals surface area contributed by atoms with Gasteiger partial charge in [-0.25, -0.2) is 4.98 Å². The number of aromatic nitrogens is 5. The predicted molar refractivity (Wildman–Crippen MR) is 131 cm³/mol. The molecule has 0 spiro atoms. The lowest BCUT2D eigenvalue weighted by atomic mass is 10.2. The summed E-state index contributed by atoms with van der Waals surface area (Å²) < 4.78 is 1.99. The number of nitrogens with one attached hydrogen (secondary N) is 1. The van der Waals surface area contributed by atoms with Gasteiger partial charge in [0.2, 0.25) is 0 Å². The number of hydrogen-bond acceptors (Lipinski definition) is 6. The molecule has 9 heteroatoms. The number of aryl methyl sites for hydroxylation is 2. The zero-order valence-corrected chi connectivity index (χ0v) is 19.7. The van der Waals surface area contributed by atoms with E-state index in [-0.39, 0.29) is 5.56 Å². The van der Waals surface area contributed by atoms with E-state index in [1.54, 1.807) is 11.3 Å². The van der Waals surface area contributed by atoms with E-state index in [4.69, 9.17) is 11.6 Å². The molecule has 5 rings (SSSR count). The second-order valence-corrected chi connectivity index (χ2v) is 9.83. The Labute approximate surface area is 197 Å². The summed E-state index contributed by atoms with van der Waals surface area (Å²) in [5.74, 6) is 1.80. The Balaban J connectivity index is 1.53. The van der Waals surface area contributed by atoms with Crippen LogP contribution in [0.25, 0.3) is 27.3 Å². The molecule has 3 aromatic heterocycles. The second kappa shape index (κ2) is 8.54. The van der Waals surface area contributed by atoms with E-state index in [1.807, 2.05) is 73.0 Å². The molecule has 0 aliphatic heterocycles. The molecule has 0 aliphatic rings. The lowest BCUT2D eigenvalue weighted by Gasteiger charge is -2.10. The maximum absolute atomic E-state index is 12.6. The summed E-state index contributed by atoms with van der Waals surface area (Å²) in [5.41, 5.74) is 2.76. The number of halogens is 1. The highest BCUT2D eigenvalue weighted by Gasteiger charge is 2.17. The maximum atomic E-state index is 12.6. The monoisotopic (exact) mass is 479 g/mol. The molecule has 0 saturated carbocycles. The number of thiophene rings is 1. The highest BCUT2D eigenvalue weighted by atomic mass is 35.5. The number of thioether (sulfide) groups is 1. The number of nitrogens with zero attached hydrogens (tertiary/aromatic N) is 4. The van der Waals surface area contributed by atoms with Crippen molar-refractivity contribution in [1.29, 1.82) is 0 Å². The number of fused-ring (bicyclic) bond motifs is 1. The molecule has 5 aromatic rings. The Morgan fingerprint density at radius 3 is 2.56 bits per heavy atom. The molecule has 160 valence electrons. The van der Waals surface area contributed by atoms with Crippen LogP contribution in [-0.2, 0) is 5.75 Å². The van der Waals surface area contributed by atoms with Crippen LogP contribution in [0.3, 0.4) is 0 Å². The highest BCUT2D eigenvalue weighted by Crippen LogP contribution is 2.31. The fourth-order valence-electron chi connectivity index (χ4n) is 3.46. The molecule has 0 bridgehead atoms. The first-order valence-corrected chi connectivity index (χ1v) is 12.1. The van der Waals surface area contributed by atoms with Crippen LogP contribution in [0.1, 0.15) is 16.3 Å². The Hall–Kier alpha value is -2.94. The number of hydrogen-bond donors (Lipinski definition) is 1. The minimum absolute atomic E-state index is 0.100. The number of benzene rings is 2. The first-order valence-electron chi connectivity index (χ1n) is 9.90. The number of rotatable bonds is 5. The van der Waals surface area contributed by atoms with E-state index in [1.165, 1.54) is 11.8 Å². The second-order valence-electron chi connectivity index (χ2n) is 7.25. The number of H-pyrrole nitrogens is 1. The molecule has 0 amide bonds. The Kier molecular flexibility index (Phi) is 5.58. The quantitative estimate of drug-likeness (QED) is 0.322. The molecule has 0 atom stereocenters. The first-order chi connectivity index (χ1) is 15.5. The van der Waals surface area contributed by atoms with Gasteiger partial charge in [0.1, 0.15) is 10.7 Å². The van der Waals surface area contributed by atoms with Gasteiger partial charge in [-0.2, -0.15) is 0 Å². The summed E-state index contributed by atoms with van der Waals surface area (Å²) in [6.45, 7) is 3.97. The third kappa shape index (κ3) is 3.85. The average Bonchev–Trinajstić information content (AvgIpc) is 3.34. The minimum atomic E-state index is -0.100. The summed E-state index contributed by atoms with van der Waals surface area (Å²) in [4.78, 5) is 22.1. The third-order valence-corrected chi connectivity index (χ3v) is 7.47. The lowest BCUT2D eigenvalue weighted by Crippen LogP contribution is -2.11. The predicted octanol–water partition coefficient (Wildman–Crippen LogP) is 5.79. The zero-order chi connectivity index (χ0) is 22.2. The fraction of sp³-hybridized carbons (Fsp3) is 0.130. The Morgan fingerprint density at radius 2 is 1.81 bits per heavy atom. The average molecular weight is 480 g/mol. The van der Waals surface area contributed by atoms with Crippen molar-refractivity contribution in [2.45, 2.75) is 24.8 Å². The molecule has 6 nitrogen and oxygen atoms in total. The normalized spacial score (nSPS) is 11.3. The van der Waals surface area contributed by atoms with Gasteiger partial charge < -0.3 is 4.98 Å². The van der Waals surface area contributed by atoms with Gasteiger partial charge in [0.15, 0.2) is 11.0 Å². The van der Waals surface area contributed by atoms with Crippen molar-refractivity contribution in [3.63, 3.8) is 0 Å². The molecule has 32 heavy (non-hydrogen) atoms.